The molecule has 0 spiro atoms. The van der Waals surface area contributed by atoms with Crippen molar-refractivity contribution in [2.45, 2.75) is 18.3 Å². The number of aromatic nitrogens is 2. The van der Waals surface area contributed by atoms with Gasteiger partial charge in [0.1, 0.15) is 6.61 Å². The van der Waals surface area contributed by atoms with Crippen LogP contribution in [-0.4, -0.2) is 55.5 Å². The van der Waals surface area contributed by atoms with Crippen LogP contribution in [0.15, 0.2) is 97.2 Å². The van der Waals surface area contributed by atoms with Gasteiger partial charge in [0.05, 0.1) is 19.4 Å². The number of benzene rings is 3. The molecule has 0 saturated carbocycles. The number of nitrogens with zero attached hydrogens (tertiary/aromatic N) is 3. The van der Waals surface area contributed by atoms with E-state index in [4.69, 9.17) is 18.9 Å². The van der Waals surface area contributed by atoms with Crippen molar-refractivity contribution < 1.29 is 28.1 Å². The Morgan fingerprint density at radius 3 is 2.10 bits per heavy atom. The number of carbonyl (C=O) groups excluding carboxylic acids is 1. The Hall–Kier alpha value is -4.34. The molecule has 40 heavy (non-hydrogen) atoms. The van der Waals surface area contributed by atoms with E-state index in [-0.39, 0.29) is 18.4 Å². The Labute approximate surface area is 232 Å². The van der Waals surface area contributed by atoms with Gasteiger partial charge >= 0.3 is 12.0 Å². The predicted octanol–water partition coefficient (Wildman–Crippen LogP) is 4.53. The molecule has 0 bridgehead atoms. The molecule has 0 N–H and O–H groups in total. The zero-order chi connectivity index (χ0) is 27.8. The van der Waals surface area contributed by atoms with Crippen LogP contribution in [0, 0.1) is 5.82 Å². The van der Waals surface area contributed by atoms with Gasteiger partial charge in [0, 0.05) is 20.2 Å². The number of halogens is 1. The van der Waals surface area contributed by atoms with Gasteiger partial charge in [-0.05, 0) is 16.7 Å². The van der Waals surface area contributed by atoms with Gasteiger partial charge in [-0.3, -0.25) is 0 Å². The third kappa shape index (κ3) is 5.80. The lowest BCUT2D eigenvalue weighted by molar-refractivity contribution is -0.168. The van der Waals surface area contributed by atoms with E-state index in [9.17, 15) is 9.18 Å². The summed E-state index contributed by atoms with van der Waals surface area (Å²) >= 11 is 0. The minimum Gasteiger partial charge on any atom is -0.458 e. The molecule has 4 aromatic rings. The molecule has 206 valence electrons. The highest BCUT2D eigenvalue weighted by Gasteiger charge is 2.50. The van der Waals surface area contributed by atoms with Gasteiger partial charge < -0.3 is 23.8 Å². The molecule has 0 radical (unpaired) electrons. The van der Waals surface area contributed by atoms with Crippen LogP contribution in [0.25, 0.3) is 0 Å². The Morgan fingerprint density at radius 1 is 0.950 bits per heavy atom. The van der Waals surface area contributed by atoms with Gasteiger partial charge in [0.15, 0.2) is 17.2 Å². The van der Waals surface area contributed by atoms with Crippen LogP contribution in [0.1, 0.15) is 16.7 Å². The highest BCUT2D eigenvalue weighted by molar-refractivity contribution is 5.78. The highest BCUT2D eigenvalue weighted by Crippen LogP contribution is 2.39. The minimum atomic E-state index is -1.45. The summed E-state index contributed by atoms with van der Waals surface area (Å²) in [7, 11) is 1.51. The molecule has 1 atom stereocenters. The molecule has 3 aromatic carbocycles. The van der Waals surface area contributed by atoms with Gasteiger partial charge in [-0.25, -0.2) is 14.2 Å². The molecule has 1 fully saturated rings. The summed E-state index contributed by atoms with van der Waals surface area (Å²) in [6.07, 6.45) is -0.354. The normalized spacial score (nSPS) is 14.4. The summed E-state index contributed by atoms with van der Waals surface area (Å²) in [5, 5.41) is 0. The summed E-state index contributed by atoms with van der Waals surface area (Å²) in [6, 6.07) is 27.7. The number of ether oxygens (including phenoxy) is 4. The van der Waals surface area contributed by atoms with Crippen molar-refractivity contribution in [3.05, 3.63) is 120 Å². The second-order valence-electron chi connectivity index (χ2n) is 9.19. The molecular formula is C31H30FN3O5. The van der Waals surface area contributed by atoms with Gasteiger partial charge in [-0.15, -0.1) is 0 Å². The molecule has 1 saturated heterocycles. The number of anilines is 1. The quantitative estimate of drug-likeness (QED) is 0.270. The molecular weight excluding hydrogens is 513 g/mol. The molecule has 0 amide bonds. The maximum atomic E-state index is 14.8. The van der Waals surface area contributed by atoms with E-state index in [0.717, 1.165) is 11.8 Å². The summed E-state index contributed by atoms with van der Waals surface area (Å²) in [5.74, 6) is -1.21. The van der Waals surface area contributed by atoms with Crippen molar-refractivity contribution in [1.29, 1.82) is 0 Å². The Balaban J connectivity index is 1.58. The average molecular weight is 544 g/mol. The van der Waals surface area contributed by atoms with Crippen LogP contribution in [0.3, 0.4) is 0 Å². The molecule has 9 heteroatoms. The zero-order valence-electron chi connectivity index (χ0n) is 22.1. The van der Waals surface area contributed by atoms with E-state index in [1.54, 1.807) is 4.90 Å². The van der Waals surface area contributed by atoms with Gasteiger partial charge in [0.2, 0.25) is 6.10 Å². The van der Waals surface area contributed by atoms with Crippen LogP contribution < -0.4 is 9.64 Å². The maximum absolute atomic E-state index is 14.8. The van der Waals surface area contributed by atoms with E-state index < -0.39 is 23.5 Å². The van der Waals surface area contributed by atoms with Crippen molar-refractivity contribution in [1.82, 2.24) is 9.97 Å². The molecule has 8 nitrogen and oxygen atoms in total. The third-order valence-electron chi connectivity index (χ3n) is 6.77. The first kappa shape index (κ1) is 27.2. The van der Waals surface area contributed by atoms with E-state index >= 15 is 0 Å². The van der Waals surface area contributed by atoms with E-state index in [1.807, 2.05) is 91.0 Å². The largest absolute Gasteiger partial charge is 0.458 e. The van der Waals surface area contributed by atoms with Gasteiger partial charge in [-0.1, -0.05) is 91.0 Å². The van der Waals surface area contributed by atoms with Crippen molar-refractivity contribution in [2.24, 2.45) is 0 Å². The summed E-state index contributed by atoms with van der Waals surface area (Å²) in [6.45, 7) is 1.84. The van der Waals surface area contributed by atoms with Crippen molar-refractivity contribution >= 4 is 11.8 Å². The molecule has 1 aromatic heterocycles. The monoisotopic (exact) mass is 543 g/mol. The van der Waals surface area contributed by atoms with Gasteiger partial charge in [-0.2, -0.15) is 4.98 Å². The number of carbonyl (C=O) groups is 1. The summed E-state index contributed by atoms with van der Waals surface area (Å²) in [4.78, 5) is 24.2. The van der Waals surface area contributed by atoms with Gasteiger partial charge in [0.25, 0.3) is 0 Å². The topological polar surface area (TPSA) is 83.0 Å². The molecule has 5 rings (SSSR count). The fourth-order valence-corrected chi connectivity index (χ4v) is 4.79. The fourth-order valence-electron chi connectivity index (χ4n) is 4.79. The van der Waals surface area contributed by atoms with E-state index in [1.165, 1.54) is 7.11 Å². The van der Waals surface area contributed by atoms with Crippen LogP contribution in [0.4, 0.5) is 10.2 Å². The first-order valence-corrected chi connectivity index (χ1v) is 13.0. The average Bonchev–Trinajstić information content (AvgIpc) is 3.03. The Morgan fingerprint density at radius 2 is 1.52 bits per heavy atom. The van der Waals surface area contributed by atoms with Crippen molar-refractivity contribution in [3.8, 4) is 6.01 Å². The number of methoxy groups -OCH3 is 1. The first-order chi connectivity index (χ1) is 19.6. The minimum absolute atomic E-state index is 0.0200. The lowest BCUT2D eigenvalue weighted by Gasteiger charge is -2.38. The predicted molar refractivity (Wildman–Crippen MR) is 146 cm³/mol. The Bertz CT molecular complexity index is 1350. The standard InChI is InChI=1S/C31H30FN3O5/c1-37-31(24-13-7-3-8-14-24,25-15-9-4-10-16-25)27(29(36)39-22-23-11-5-2-6-12-23)40-30-33-21-26(32)28(34-30)35-17-19-38-20-18-35/h2-16,21,27H,17-20,22H2,1H3. The van der Waals surface area contributed by atoms with Crippen LogP contribution >= 0.6 is 0 Å². The van der Waals surface area contributed by atoms with Crippen LogP contribution in [-0.2, 0) is 31.2 Å². The van der Waals surface area contributed by atoms with E-state index in [0.29, 0.717) is 37.4 Å². The maximum Gasteiger partial charge on any atom is 0.351 e. The SMILES string of the molecule is COC(c1ccccc1)(c1ccccc1)C(Oc1ncc(F)c(N2CCOCC2)n1)C(=O)OCc1ccccc1. The molecule has 0 aliphatic carbocycles. The number of rotatable bonds is 10. The number of hydrogen-bond acceptors (Lipinski definition) is 8. The summed E-state index contributed by atoms with van der Waals surface area (Å²) in [5.41, 5.74) is 0.666. The molecule has 1 unspecified atom stereocenters. The number of morpholine rings is 1. The van der Waals surface area contributed by atoms with Crippen molar-refractivity contribution in [3.63, 3.8) is 0 Å². The highest BCUT2D eigenvalue weighted by atomic mass is 19.1. The lowest BCUT2D eigenvalue weighted by atomic mass is 9.81. The molecule has 1 aliphatic heterocycles. The number of hydrogen-bond donors (Lipinski definition) is 0. The number of esters is 1. The molecule has 2 heterocycles. The fraction of sp³-hybridized carbons (Fsp3) is 0.258. The summed E-state index contributed by atoms with van der Waals surface area (Å²) < 4.78 is 38.5. The van der Waals surface area contributed by atoms with Crippen molar-refractivity contribution in [2.75, 3.05) is 38.3 Å². The Kier molecular flexibility index (Phi) is 8.63. The van der Waals surface area contributed by atoms with E-state index in [2.05, 4.69) is 9.97 Å². The van der Waals surface area contributed by atoms with Crippen LogP contribution in [0.5, 0.6) is 6.01 Å². The molecule has 1 aliphatic rings. The smallest absolute Gasteiger partial charge is 0.351 e. The first-order valence-electron chi connectivity index (χ1n) is 13.0. The van der Waals surface area contributed by atoms with Crippen LogP contribution in [0.2, 0.25) is 0 Å². The third-order valence-corrected chi connectivity index (χ3v) is 6.77. The lowest BCUT2D eigenvalue weighted by Crippen LogP contribution is -2.51. The zero-order valence-corrected chi connectivity index (χ0v) is 22.1. The second kappa shape index (κ2) is 12.7. The second-order valence-corrected chi connectivity index (χ2v) is 9.19.